The van der Waals surface area contributed by atoms with Crippen LogP contribution in [0.4, 0.5) is 0 Å². The van der Waals surface area contributed by atoms with E-state index in [0.29, 0.717) is 17.2 Å². The maximum Gasteiger partial charge on any atom is 0.269 e. The van der Waals surface area contributed by atoms with Crippen LogP contribution in [0.1, 0.15) is 17.0 Å². The van der Waals surface area contributed by atoms with E-state index < -0.39 is 0 Å². The molecule has 154 valence electrons. The van der Waals surface area contributed by atoms with Gasteiger partial charge in [0.15, 0.2) is 0 Å². The average Bonchev–Trinajstić information content (AvgIpc) is 3.24. The zero-order valence-corrected chi connectivity index (χ0v) is 17.1. The summed E-state index contributed by atoms with van der Waals surface area (Å²) in [4.78, 5) is 25.6. The molecule has 2 aromatic carbocycles. The number of rotatable bonds is 4. The summed E-state index contributed by atoms with van der Waals surface area (Å²) in [6.45, 7) is 1.87. The highest BCUT2D eigenvalue weighted by Gasteiger charge is 2.17. The van der Waals surface area contributed by atoms with Crippen molar-refractivity contribution in [3.8, 4) is 17.7 Å². The maximum atomic E-state index is 13.4. The number of allylic oxidation sites excluding steroid dienone is 1. The minimum Gasteiger partial charge on any atom is -0.438 e. The topological polar surface area (TPSA) is 96.1 Å². The summed E-state index contributed by atoms with van der Waals surface area (Å²) in [5.41, 5.74) is 2.87. The third kappa shape index (κ3) is 3.40. The first-order valence-electron chi connectivity index (χ1n) is 9.96. The van der Waals surface area contributed by atoms with Crippen molar-refractivity contribution in [1.82, 2.24) is 19.4 Å². The minimum atomic E-state index is -0.339. The van der Waals surface area contributed by atoms with Crippen molar-refractivity contribution in [1.29, 1.82) is 5.26 Å². The molecule has 0 amide bonds. The maximum absolute atomic E-state index is 13.4. The van der Waals surface area contributed by atoms with Gasteiger partial charge >= 0.3 is 0 Å². The van der Waals surface area contributed by atoms with Crippen LogP contribution in [-0.2, 0) is 0 Å². The number of H-pyrrole nitrogens is 1. The van der Waals surface area contributed by atoms with E-state index in [9.17, 15) is 10.1 Å². The molecule has 0 atom stereocenters. The highest BCUT2D eigenvalue weighted by molar-refractivity contribution is 5.91. The van der Waals surface area contributed by atoms with Gasteiger partial charge in [-0.1, -0.05) is 36.4 Å². The molecule has 5 rings (SSSR count). The minimum absolute atomic E-state index is 0.124. The Morgan fingerprint density at radius 3 is 2.62 bits per heavy atom. The second kappa shape index (κ2) is 7.85. The zero-order chi connectivity index (χ0) is 22.1. The van der Waals surface area contributed by atoms with Gasteiger partial charge in [-0.3, -0.25) is 9.20 Å². The van der Waals surface area contributed by atoms with Crippen molar-refractivity contribution in [2.45, 2.75) is 6.92 Å². The molecule has 0 radical (unpaired) electrons. The summed E-state index contributed by atoms with van der Waals surface area (Å²) < 4.78 is 7.44. The molecular formula is C25H17N5O2. The Hall–Kier alpha value is -4.70. The van der Waals surface area contributed by atoms with Crippen molar-refractivity contribution in [2.75, 3.05) is 0 Å². The molecule has 0 unspecified atom stereocenters. The number of imidazole rings is 1. The summed E-state index contributed by atoms with van der Waals surface area (Å²) in [5.74, 6) is 1.03. The van der Waals surface area contributed by atoms with Crippen molar-refractivity contribution in [2.24, 2.45) is 0 Å². The number of aromatic amines is 1. The van der Waals surface area contributed by atoms with Crippen LogP contribution in [-0.4, -0.2) is 19.4 Å². The largest absolute Gasteiger partial charge is 0.438 e. The van der Waals surface area contributed by atoms with Crippen molar-refractivity contribution in [3.63, 3.8) is 0 Å². The van der Waals surface area contributed by atoms with Gasteiger partial charge in [0.05, 0.1) is 16.6 Å². The number of hydrogen-bond donors (Lipinski definition) is 1. The van der Waals surface area contributed by atoms with Crippen LogP contribution in [0, 0.1) is 18.3 Å². The van der Waals surface area contributed by atoms with E-state index in [1.165, 1.54) is 10.5 Å². The molecule has 5 aromatic rings. The molecule has 0 aliphatic carbocycles. The van der Waals surface area contributed by atoms with Gasteiger partial charge in [-0.2, -0.15) is 10.2 Å². The number of aryl methyl sites for hydroxylation is 1. The van der Waals surface area contributed by atoms with E-state index in [0.717, 1.165) is 16.6 Å². The number of nitrogens with zero attached hydrogens (tertiary/aromatic N) is 4. The van der Waals surface area contributed by atoms with Gasteiger partial charge < -0.3 is 9.72 Å². The number of nitriles is 1. The number of pyridine rings is 1. The molecule has 32 heavy (non-hydrogen) atoms. The van der Waals surface area contributed by atoms with Crippen LogP contribution >= 0.6 is 0 Å². The summed E-state index contributed by atoms with van der Waals surface area (Å²) in [7, 11) is 0. The lowest BCUT2D eigenvalue weighted by molar-refractivity contribution is 0.461. The Morgan fingerprint density at radius 2 is 1.84 bits per heavy atom. The molecule has 1 N–H and O–H groups in total. The first-order chi connectivity index (χ1) is 15.6. The van der Waals surface area contributed by atoms with E-state index in [1.54, 1.807) is 24.4 Å². The van der Waals surface area contributed by atoms with Crippen LogP contribution < -0.4 is 10.3 Å². The molecule has 0 aliphatic rings. The third-order valence-corrected chi connectivity index (χ3v) is 5.06. The smallest absolute Gasteiger partial charge is 0.269 e. The molecule has 0 aliphatic heterocycles. The number of aromatic nitrogens is 4. The Balaban J connectivity index is 1.74. The molecule has 0 saturated heterocycles. The van der Waals surface area contributed by atoms with Crippen LogP contribution in [0.3, 0.4) is 0 Å². The third-order valence-electron chi connectivity index (χ3n) is 5.06. The molecule has 3 heterocycles. The molecule has 7 heteroatoms. The fourth-order valence-electron chi connectivity index (χ4n) is 3.47. The monoisotopic (exact) mass is 419 g/mol. The van der Waals surface area contributed by atoms with Crippen LogP contribution in [0.25, 0.3) is 28.3 Å². The predicted molar refractivity (Wildman–Crippen MR) is 122 cm³/mol. The van der Waals surface area contributed by atoms with Gasteiger partial charge in [0.1, 0.15) is 28.9 Å². The predicted octanol–water partition coefficient (Wildman–Crippen LogP) is 4.74. The molecule has 0 bridgehead atoms. The van der Waals surface area contributed by atoms with Crippen LogP contribution in [0.5, 0.6) is 11.6 Å². The Kier molecular flexibility index (Phi) is 4.73. The van der Waals surface area contributed by atoms with E-state index in [1.807, 2.05) is 55.5 Å². The number of para-hydroxylation sites is 3. The number of hydrogen-bond acceptors (Lipinski definition) is 5. The molecule has 3 aromatic heterocycles. The van der Waals surface area contributed by atoms with E-state index in [4.69, 9.17) is 4.74 Å². The first-order valence-corrected chi connectivity index (χ1v) is 9.96. The van der Waals surface area contributed by atoms with Gasteiger partial charge in [0.25, 0.3) is 5.56 Å². The summed E-state index contributed by atoms with van der Waals surface area (Å²) in [5, 5.41) is 9.85. The number of nitrogens with one attached hydrogen (secondary N) is 1. The number of fused-ring (bicyclic) bond motifs is 2. The van der Waals surface area contributed by atoms with Gasteiger partial charge in [0.2, 0.25) is 5.88 Å². The van der Waals surface area contributed by atoms with E-state index >= 15 is 0 Å². The van der Waals surface area contributed by atoms with Crippen LogP contribution in [0.2, 0.25) is 0 Å². The van der Waals surface area contributed by atoms with Crippen molar-refractivity contribution >= 4 is 28.3 Å². The second-order valence-corrected chi connectivity index (χ2v) is 7.21. The molecule has 0 spiro atoms. The highest BCUT2D eigenvalue weighted by atomic mass is 16.5. The number of benzene rings is 2. The lowest BCUT2D eigenvalue weighted by atomic mass is 10.1. The Morgan fingerprint density at radius 1 is 1.06 bits per heavy atom. The zero-order valence-electron chi connectivity index (χ0n) is 17.1. The highest BCUT2D eigenvalue weighted by Crippen LogP contribution is 2.26. The van der Waals surface area contributed by atoms with Gasteiger partial charge in [-0.25, -0.2) is 4.98 Å². The average molecular weight is 419 g/mol. The lowest BCUT2D eigenvalue weighted by Crippen LogP contribution is -2.19. The van der Waals surface area contributed by atoms with Crippen LogP contribution in [0.15, 0.2) is 77.7 Å². The first kappa shape index (κ1) is 19.3. The second-order valence-electron chi connectivity index (χ2n) is 7.21. The fourth-order valence-corrected chi connectivity index (χ4v) is 3.47. The molecule has 0 fully saturated rings. The Labute approximate surface area is 182 Å². The van der Waals surface area contributed by atoms with E-state index in [2.05, 4.69) is 21.0 Å². The van der Waals surface area contributed by atoms with E-state index in [-0.39, 0.29) is 22.6 Å². The molecule has 0 saturated carbocycles. The SMILES string of the molecule is Cc1cccn2c(=O)c(C=C(C#N)c3nc4ccccc4[nH]3)c(Oc3ccccc3)nc12. The molecule has 7 nitrogen and oxygen atoms in total. The van der Waals surface area contributed by atoms with Gasteiger partial charge in [0, 0.05) is 6.20 Å². The summed E-state index contributed by atoms with van der Waals surface area (Å²) in [6.07, 6.45) is 3.12. The Bertz CT molecular complexity index is 1560. The molecular weight excluding hydrogens is 402 g/mol. The lowest BCUT2D eigenvalue weighted by Gasteiger charge is -2.11. The standard InChI is InChI=1S/C25H17N5O2/c1-16-8-7-13-30-23(16)29-24(32-18-9-3-2-4-10-18)19(25(30)31)14-17(15-26)22-27-20-11-5-6-12-21(20)28-22/h2-14H,1H3,(H,27,28). The van der Waals surface area contributed by atoms with Crippen molar-refractivity contribution < 1.29 is 4.74 Å². The quantitative estimate of drug-likeness (QED) is 0.425. The summed E-state index contributed by atoms with van der Waals surface area (Å²) in [6, 6.07) is 22.4. The summed E-state index contributed by atoms with van der Waals surface area (Å²) >= 11 is 0. The normalized spacial score (nSPS) is 11.6. The van der Waals surface area contributed by atoms with Gasteiger partial charge in [-0.15, -0.1) is 0 Å². The fraction of sp³-hybridized carbons (Fsp3) is 0.0400. The number of ether oxygens (including phenoxy) is 1. The van der Waals surface area contributed by atoms with Gasteiger partial charge in [-0.05, 0) is 48.9 Å². The van der Waals surface area contributed by atoms with Crippen molar-refractivity contribution in [3.05, 3.63) is 100 Å².